The standard InChI is InChI=1S/C23H33N3O3S.HI/c1-17(2)12-13-29-22-14-18(3)6-9-20(22)16-26-23(24-4)25-15-19-7-10-21(11-8-19)30(5,27)28;/h6-11,14,17H,12-13,15-16H2,1-5H3,(H2,24,25,26);1H. The van der Waals surface area contributed by atoms with Gasteiger partial charge in [-0.2, -0.15) is 0 Å². The zero-order valence-corrected chi connectivity index (χ0v) is 22.1. The van der Waals surface area contributed by atoms with Gasteiger partial charge in [0.2, 0.25) is 0 Å². The summed E-state index contributed by atoms with van der Waals surface area (Å²) in [5, 5.41) is 6.57. The van der Waals surface area contributed by atoms with Gasteiger partial charge in [0.05, 0.1) is 11.5 Å². The topological polar surface area (TPSA) is 79.8 Å². The maximum absolute atomic E-state index is 11.6. The van der Waals surface area contributed by atoms with Crippen molar-refractivity contribution < 1.29 is 13.2 Å². The molecule has 0 saturated heterocycles. The lowest BCUT2D eigenvalue weighted by molar-refractivity contribution is 0.286. The molecule has 0 spiro atoms. The minimum atomic E-state index is -3.18. The summed E-state index contributed by atoms with van der Waals surface area (Å²) in [5.41, 5.74) is 3.21. The molecule has 2 N–H and O–H groups in total. The Morgan fingerprint density at radius 1 is 1.06 bits per heavy atom. The van der Waals surface area contributed by atoms with Crippen LogP contribution in [0.15, 0.2) is 52.4 Å². The molecule has 0 aliphatic carbocycles. The Bertz CT molecular complexity index is 959. The fourth-order valence-electron chi connectivity index (χ4n) is 2.79. The van der Waals surface area contributed by atoms with Gasteiger partial charge < -0.3 is 15.4 Å². The molecular formula is C23H34IN3O3S. The second kappa shape index (κ2) is 12.9. The molecule has 2 rings (SSSR count). The summed E-state index contributed by atoms with van der Waals surface area (Å²) in [6.45, 7) is 8.25. The zero-order valence-electron chi connectivity index (χ0n) is 18.9. The Balaban J connectivity index is 0.00000480. The minimum absolute atomic E-state index is 0. The first-order valence-electron chi connectivity index (χ1n) is 10.1. The van der Waals surface area contributed by atoms with E-state index >= 15 is 0 Å². The summed E-state index contributed by atoms with van der Waals surface area (Å²) in [4.78, 5) is 4.58. The van der Waals surface area contributed by atoms with E-state index in [4.69, 9.17) is 4.74 Å². The molecule has 2 aromatic rings. The number of hydrogen-bond acceptors (Lipinski definition) is 4. The van der Waals surface area contributed by atoms with Gasteiger partial charge in [-0.3, -0.25) is 4.99 Å². The molecule has 0 unspecified atom stereocenters. The quantitative estimate of drug-likeness (QED) is 0.272. The number of aryl methyl sites for hydroxylation is 1. The minimum Gasteiger partial charge on any atom is -0.493 e. The van der Waals surface area contributed by atoms with E-state index in [0.29, 0.717) is 36.5 Å². The van der Waals surface area contributed by atoms with Crippen molar-refractivity contribution in [1.82, 2.24) is 10.6 Å². The predicted molar refractivity (Wildman–Crippen MR) is 138 cm³/mol. The molecule has 0 saturated carbocycles. The van der Waals surface area contributed by atoms with Gasteiger partial charge in [-0.1, -0.05) is 38.1 Å². The molecule has 2 aromatic carbocycles. The van der Waals surface area contributed by atoms with E-state index in [-0.39, 0.29) is 24.0 Å². The van der Waals surface area contributed by atoms with Crippen LogP contribution in [-0.2, 0) is 22.9 Å². The Morgan fingerprint density at radius 2 is 1.71 bits per heavy atom. The summed E-state index contributed by atoms with van der Waals surface area (Å²) in [6.07, 6.45) is 2.22. The van der Waals surface area contributed by atoms with Crippen molar-refractivity contribution >= 4 is 39.8 Å². The second-order valence-electron chi connectivity index (χ2n) is 7.84. The average Bonchev–Trinajstić information content (AvgIpc) is 2.68. The van der Waals surface area contributed by atoms with Gasteiger partial charge in [-0.15, -0.1) is 24.0 Å². The number of nitrogens with zero attached hydrogens (tertiary/aromatic N) is 1. The maximum Gasteiger partial charge on any atom is 0.191 e. The summed E-state index contributed by atoms with van der Waals surface area (Å²) < 4.78 is 29.2. The largest absolute Gasteiger partial charge is 0.493 e. The zero-order chi connectivity index (χ0) is 22.1. The van der Waals surface area contributed by atoms with Gasteiger partial charge >= 0.3 is 0 Å². The summed E-state index contributed by atoms with van der Waals surface area (Å²) in [6, 6.07) is 13.1. The van der Waals surface area contributed by atoms with E-state index in [9.17, 15) is 8.42 Å². The fourth-order valence-corrected chi connectivity index (χ4v) is 3.42. The van der Waals surface area contributed by atoms with Crippen LogP contribution in [0.25, 0.3) is 0 Å². The van der Waals surface area contributed by atoms with E-state index in [1.807, 2.05) is 0 Å². The van der Waals surface area contributed by atoms with Crippen LogP contribution in [0.4, 0.5) is 0 Å². The van der Waals surface area contributed by atoms with E-state index in [0.717, 1.165) is 23.3 Å². The van der Waals surface area contributed by atoms with Crippen LogP contribution in [0.3, 0.4) is 0 Å². The number of aliphatic imine (C=N–C) groups is 1. The molecule has 0 fully saturated rings. The Hall–Kier alpha value is -1.81. The second-order valence-corrected chi connectivity index (χ2v) is 9.85. The van der Waals surface area contributed by atoms with Gasteiger partial charge in [0.15, 0.2) is 15.8 Å². The van der Waals surface area contributed by atoms with Gasteiger partial charge in [-0.05, 0) is 48.6 Å². The third-order valence-corrected chi connectivity index (χ3v) is 5.79. The van der Waals surface area contributed by atoms with Crippen LogP contribution in [0, 0.1) is 12.8 Å². The normalized spacial score (nSPS) is 11.7. The van der Waals surface area contributed by atoms with Crippen molar-refractivity contribution in [1.29, 1.82) is 0 Å². The number of rotatable bonds is 9. The molecule has 172 valence electrons. The van der Waals surface area contributed by atoms with Crippen molar-refractivity contribution in [3.05, 3.63) is 59.2 Å². The highest BCUT2D eigenvalue weighted by Gasteiger charge is 2.08. The lowest BCUT2D eigenvalue weighted by Gasteiger charge is -2.16. The Morgan fingerprint density at radius 3 is 2.29 bits per heavy atom. The van der Waals surface area contributed by atoms with Crippen LogP contribution in [-0.4, -0.2) is 34.3 Å². The number of hydrogen-bond donors (Lipinski definition) is 2. The van der Waals surface area contributed by atoms with Crippen LogP contribution in [0.1, 0.15) is 37.0 Å². The first-order valence-corrected chi connectivity index (χ1v) is 12.0. The van der Waals surface area contributed by atoms with Crippen molar-refractivity contribution in [3.8, 4) is 5.75 Å². The smallest absolute Gasteiger partial charge is 0.191 e. The molecule has 8 heteroatoms. The monoisotopic (exact) mass is 559 g/mol. The fraction of sp³-hybridized carbons (Fsp3) is 0.435. The summed E-state index contributed by atoms with van der Waals surface area (Å²) in [5.74, 6) is 2.16. The van der Waals surface area contributed by atoms with Crippen molar-refractivity contribution in [3.63, 3.8) is 0 Å². The Kier molecular flexibility index (Phi) is 11.3. The van der Waals surface area contributed by atoms with Gasteiger partial charge in [0, 0.05) is 32.0 Å². The van der Waals surface area contributed by atoms with Crippen molar-refractivity contribution in [2.75, 3.05) is 19.9 Å². The third kappa shape index (κ3) is 9.47. The molecule has 0 aliphatic heterocycles. The Labute approximate surface area is 203 Å². The number of sulfone groups is 1. The number of nitrogens with one attached hydrogen (secondary N) is 2. The molecular weight excluding hydrogens is 525 g/mol. The van der Waals surface area contributed by atoms with Crippen LogP contribution in [0.2, 0.25) is 0 Å². The first-order chi connectivity index (χ1) is 14.2. The van der Waals surface area contributed by atoms with Crippen LogP contribution < -0.4 is 15.4 Å². The molecule has 0 bridgehead atoms. The van der Waals surface area contributed by atoms with E-state index in [1.165, 1.54) is 11.8 Å². The van der Waals surface area contributed by atoms with Crippen LogP contribution in [0.5, 0.6) is 5.75 Å². The van der Waals surface area contributed by atoms with Gasteiger partial charge in [0.25, 0.3) is 0 Å². The molecule has 0 heterocycles. The summed E-state index contributed by atoms with van der Waals surface area (Å²) >= 11 is 0. The molecule has 0 radical (unpaired) electrons. The van der Waals surface area contributed by atoms with Gasteiger partial charge in [0.1, 0.15) is 5.75 Å². The molecule has 0 aromatic heterocycles. The number of ether oxygens (including phenoxy) is 1. The highest BCUT2D eigenvalue weighted by molar-refractivity contribution is 14.0. The lowest BCUT2D eigenvalue weighted by atomic mass is 10.1. The van der Waals surface area contributed by atoms with Crippen LogP contribution >= 0.6 is 24.0 Å². The number of benzene rings is 2. The van der Waals surface area contributed by atoms with Crippen molar-refractivity contribution in [2.45, 2.75) is 45.2 Å². The maximum atomic E-state index is 11.6. The molecule has 6 nitrogen and oxygen atoms in total. The average molecular weight is 560 g/mol. The SMILES string of the molecule is CN=C(NCc1ccc(S(C)(=O)=O)cc1)NCc1ccc(C)cc1OCCC(C)C.I. The first kappa shape index (κ1) is 27.2. The third-order valence-electron chi connectivity index (χ3n) is 4.66. The molecule has 0 atom stereocenters. The van der Waals surface area contributed by atoms with E-state index < -0.39 is 9.84 Å². The van der Waals surface area contributed by atoms with E-state index in [1.54, 1.807) is 31.3 Å². The lowest BCUT2D eigenvalue weighted by Crippen LogP contribution is -2.36. The molecule has 0 aliphatic rings. The van der Waals surface area contributed by atoms with Gasteiger partial charge in [-0.25, -0.2) is 8.42 Å². The predicted octanol–water partition coefficient (Wildman–Crippen LogP) is 4.31. The van der Waals surface area contributed by atoms with E-state index in [2.05, 4.69) is 54.6 Å². The number of guanidine groups is 1. The molecule has 31 heavy (non-hydrogen) atoms. The van der Waals surface area contributed by atoms with Crippen molar-refractivity contribution in [2.24, 2.45) is 10.9 Å². The summed E-state index contributed by atoms with van der Waals surface area (Å²) in [7, 11) is -1.46. The molecule has 0 amide bonds. The highest BCUT2D eigenvalue weighted by Crippen LogP contribution is 2.21. The number of halogens is 1. The highest BCUT2D eigenvalue weighted by atomic mass is 127.